The van der Waals surface area contributed by atoms with Crippen molar-refractivity contribution in [2.45, 2.75) is 39.5 Å². The first-order valence-corrected chi connectivity index (χ1v) is 6.65. The average Bonchev–Trinajstić information content (AvgIpc) is 2.89. The highest BCUT2D eigenvalue weighted by Crippen LogP contribution is 2.11. The van der Waals surface area contributed by atoms with Gasteiger partial charge in [0, 0.05) is 17.9 Å². The van der Waals surface area contributed by atoms with Crippen LogP contribution < -0.4 is 5.73 Å². The minimum absolute atomic E-state index is 0.436. The van der Waals surface area contributed by atoms with Crippen molar-refractivity contribution in [1.82, 2.24) is 9.78 Å². The van der Waals surface area contributed by atoms with Gasteiger partial charge in [0.25, 0.3) is 0 Å². The van der Waals surface area contributed by atoms with Crippen LogP contribution in [-0.2, 0) is 18.0 Å². The van der Waals surface area contributed by atoms with Crippen LogP contribution in [0.5, 0.6) is 0 Å². The second-order valence-electron chi connectivity index (χ2n) is 4.78. The quantitative estimate of drug-likeness (QED) is 0.811. The van der Waals surface area contributed by atoms with Crippen molar-refractivity contribution >= 4 is 5.69 Å². The predicted octanol–water partition coefficient (Wildman–Crippen LogP) is 3.15. The van der Waals surface area contributed by atoms with E-state index in [1.165, 1.54) is 0 Å². The average molecular weight is 259 g/mol. The van der Waals surface area contributed by atoms with E-state index in [9.17, 15) is 0 Å². The molecule has 0 amide bonds. The van der Waals surface area contributed by atoms with Crippen molar-refractivity contribution in [3.05, 3.63) is 47.8 Å². The molecular formula is C15H21N3O. The second-order valence-corrected chi connectivity index (χ2v) is 4.78. The molecule has 4 nitrogen and oxygen atoms in total. The lowest BCUT2D eigenvalue weighted by atomic mass is 10.2. The summed E-state index contributed by atoms with van der Waals surface area (Å²) in [5.41, 5.74) is 8.50. The maximum Gasteiger partial charge on any atom is 0.0911 e. The Morgan fingerprint density at radius 1 is 1.21 bits per heavy atom. The number of benzene rings is 1. The molecule has 2 aromatic rings. The monoisotopic (exact) mass is 259 g/mol. The Labute approximate surface area is 114 Å². The summed E-state index contributed by atoms with van der Waals surface area (Å²) in [5, 5.41) is 4.50. The summed E-state index contributed by atoms with van der Waals surface area (Å²) in [7, 11) is 0. The Kier molecular flexibility index (Phi) is 4.58. The Balaban J connectivity index is 1.82. The topological polar surface area (TPSA) is 53.1 Å². The molecule has 19 heavy (non-hydrogen) atoms. The standard InChI is InChI=1S/C15H21N3O/c1-3-12(2)18-9-8-15(17-18)11-19-10-13-4-6-14(16)7-5-13/h4-9,12H,3,10-11,16H2,1-2H3. The van der Waals surface area contributed by atoms with Gasteiger partial charge in [-0.15, -0.1) is 0 Å². The van der Waals surface area contributed by atoms with Crippen LogP contribution in [0.3, 0.4) is 0 Å². The van der Waals surface area contributed by atoms with Crippen LogP contribution in [0.4, 0.5) is 5.69 Å². The third kappa shape index (κ3) is 3.83. The van der Waals surface area contributed by atoms with Crippen LogP contribution in [0, 0.1) is 0 Å². The lowest BCUT2D eigenvalue weighted by Gasteiger charge is -2.08. The molecule has 4 heteroatoms. The SMILES string of the molecule is CCC(C)n1ccc(COCc2ccc(N)cc2)n1. The molecular weight excluding hydrogens is 238 g/mol. The zero-order chi connectivity index (χ0) is 13.7. The largest absolute Gasteiger partial charge is 0.399 e. The molecule has 0 spiro atoms. The van der Waals surface area contributed by atoms with Crippen LogP contribution in [0.2, 0.25) is 0 Å². The molecule has 0 saturated carbocycles. The molecule has 1 unspecified atom stereocenters. The zero-order valence-corrected chi connectivity index (χ0v) is 11.5. The van der Waals surface area contributed by atoms with Crippen molar-refractivity contribution in [1.29, 1.82) is 0 Å². The lowest BCUT2D eigenvalue weighted by molar-refractivity contribution is 0.104. The summed E-state index contributed by atoms with van der Waals surface area (Å²) in [6.07, 6.45) is 3.09. The van der Waals surface area contributed by atoms with Gasteiger partial charge in [-0.25, -0.2) is 0 Å². The smallest absolute Gasteiger partial charge is 0.0911 e. The minimum Gasteiger partial charge on any atom is -0.399 e. The number of rotatable bonds is 6. The number of anilines is 1. The molecule has 0 saturated heterocycles. The van der Waals surface area contributed by atoms with E-state index in [0.717, 1.165) is 23.4 Å². The van der Waals surface area contributed by atoms with Crippen LogP contribution in [0.25, 0.3) is 0 Å². The summed E-state index contributed by atoms with van der Waals surface area (Å²) in [4.78, 5) is 0. The third-order valence-electron chi connectivity index (χ3n) is 3.20. The molecule has 1 aromatic heterocycles. The van der Waals surface area contributed by atoms with Gasteiger partial charge in [-0.3, -0.25) is 4.68 Å². The van der Waals surface area contributed by atoms with Gasteiger partial charge in [0.2, 0.25) is 0 Å². The molecule has 0 bridgehead atoms. The summed E-state index contributed by atoms with van der Waals surface area (Å²) < 4.78 is 7.64. The number of aromatic nitrogens is 2. The maximum absolute atomic E-state index is 5.66. The molecule has 0 aliphatic rings. The van der Waals surface area contributed by atoms with E-state index in [-0.39, 0.29) is 0 Å². The van der Waals surface area contributed by atoms with Gasteiger partial charge in [0.05, 0.1) is 18.9 Å². The first-order valence-electron chi connectivity index (χ1n) is 6.65. The van der Waals surface area contributed by atoms with E-state index in [1.807, 2.05) is 41.2 Å². The number of nitrogen functional groups attached to an aromatic ring is 1. The first-order chi connectivity index (χ1) is 9.19. The fraction of sp³-hybridized carbons (Fsp3) is 0.400. The van der Waals surface area contributed by atoms with Gasteiger partial charge in [-0.05, 0) is 37.1 Å². The molecule has 2 N–H and O–H groups in total. The highest BCUT2D eigenvalue weighted by Gasteiger charge is 2.04. The Morgan fingerprint density at radius 3 is 2.63 bits per heavy atom. The number of hydrogen-bond acceptors (Lipinski definition) is 3. The normalized spacial score (nSPS) is 12.5. The van der Waals surface area contributed by atoms with E-state index in [2.05, 4.69) is 18.9 Å². The molecule has 1 heterocycles. The van der Waals surface area contributed by atoms with Crippen LogP contribution in [0.1, 0.15) is 37.6 Å². The van der Waals surface area contributed by atoms with Gasteiger partial charge < -0.3 is 10.5 Å². The summed E-state index contributed by atoms with van der Waals surface area (Å²) in [6.45, 7) is 5.43. The van der Waals surface area contributed by atoms with Crippen LogP contribution >= 0.6 is 0 Å². The number of hydrogen-bond donors (Lipinski definition) is 1. The number of nitrogens with two attached hydrogens (primary N) is 1. The molecule has 0 fully saturated rings. The minimum atomic E-state index is 0.436. The van der Waals surface area contributed by atoms with Gasteiger partial charge >= 0.3 is 0 Å². The Morgan fingerprint density at radius 2 is 1.95 bits per heavy atom. The molecule has 2 rings (SSSR count). The number of nitrogens with zero attached hydrogens (tertiary/aromatic N) is 2. The van der Waals surface area contributed by atoms with Gasteiger partial charge in [-0.2, -0.15) is 5.10 Å². The predicted molar refractivity (Wildman–Crippen MR) is 76.6 cm³/mol. The second kappa shape index (κ2) is 6.38. The molecule has 0 radical (unpaired) electrons. The molecule has 102 valence electrons. The fourth-order valence-corrected chi connectivity index (χ4v) is 1.77. The zero-order valence-electron chi connectivity index (χ0n) is 11.5. The fourth-order valence-electron chi connectivity index (χ4n) is 1.77. The van der Waals surface area contributed by atoms with Crippen molar-refractivity contribution in [2.24, 2.45) is 0 Å². The number of ether oxygens (including phenoxy) is 1. The third-order valence-corrected chi connectivity index (χ3v) is 3.20. The summed E-state index contributed by atoms with van der Waals surface area (Å²) >= 11 is 0. The molecule has 0 aliphatic carbocycles. The maximum atomic E-state index is 5.66. The van der Waals surface area contributed by atoms with E-state index in [4.69, 9.17) is 10.5 Å². The van der Waals surface area contributed by atoms with Crippen molar-refractivity contribution in [3.63, 3.8) is 0 Å². The van der Waals surface area contributed by atoms with Crippen LogP contribution in [0.15, 0.2) is 36.5 Å². The summed E-state index contributed by atoms with van der Waals surface area (Å²) in [5.74, 6) is 0. The van der Waals surface area contributed by atoms with Gasteiger partial charge in [-0.1, -0.05) is 19.1 Å². The summed E-state index contributed by atoms with van der Waals surface area (Å²) in [6, 6.07) is 10.2. The molecule has 0 aliphatic heterocycles. The van der Waals surface area contributed by atoms with Crippen molar-refractivity contribution in [2.75, 3.05) is 5.73 Å². The lowest BCUT2D eigenvalue weighted by Crippen LogP contribution is -2.05. The van der Waals surface area contributed by atoms with Crippen molar-refractivity contribution in [3.8, 4) is 0 Å². The van der Waals surface area contributed by atoms with E-state index < -0.39 is 0 Å². The van der Waals surface area contributed by atoms with Crippen molar-refractivity contribution < 1.29 is 4.74 Å². The first kappa shape index (κ1) is 13.6. The van der Waals surface area contributed by atoms with Gasteiger partial charge in [0.15, 0.2) is 0 Å². The van der Waals surface area contributed by atoms with Crippen LogP contribution in [-0.4, -0.2) is 9.78 Å². The molecule has 1 aromatic carbocycles. The highest BCUT2D eigenvalue weighted by atomic mass is 16.5. The Hall–Kier alpha value is -1.81. The van der Waals surface area contributed by atoms with E-state index in [1.54, 1.807) is 0 Å². The molecule has 1 atom stereocenters. The highest BCUT2D eigenvalue weighted by molar-refractivity contribution is 5.39. The van der Waals surface area contributed by atoms with Gasteiger partial charge in [0.1, 0.15) is 0 Å². The van der Waals surface area contributed by atoms with E-state index in [0.29, 0.717) is 19.3 Å². The Bertz CT molecular complexity index is 504. The van der Waals surface area contributed by atoms with E-state index >= 15 is 0 Å².